The Morgan fingerprint density at radius 3 is 2.52 bits per heavy atom. The van der Waals surface area contributed by atoms with Gasteiger partial charge in [0.2, 0.25) is 5.91 Å². The van der Waals surface area contributed by atoms with Crippen molar-refractivity contribution < 1.29 is 24.1 Å². The molecule has 1 aliphatic rings. The number of carbonyl (C=O) groups excluding carboxylic acids is 1. The zero-order valence-corrected chi connectivity index (χ0v) is 20.1. The van der Waals surface area contributed by atoms with Crippen LogP contribution in [0.5, 0.6) is 0 Å². The zero-order chi connectivity index (χ0) is 23.6. The molecule has 1 aliphatic heterocycles. The van der Waals surface area contributed by atoms with Crippen LogP contribution in [0.15, 0.2) is 54.6 Å². The van der Waals surface area contributed by atoms with E-state index in [2.05, 4.69) is 5.32 Å². The van der Waals surface area contributed by atoms with Crippen LogP contribution in [0.25, 0.3) is 0 Å². The summed E-state index contributed by atoms with van der Waals surface area (Å²) in [7, 11) is 0. The number of rotatable bonds is 11. The van der Waals surface area contributed by atoms with Gasteiger partial charge in [-0.2, -0.15) is 0 Å². The maximum atomic E-state index is 12.3. The normalized spacial score (nSPS) is 25.0. The molecular weight excluding hydrogens is 464 g/mol. The summed E-state index contributed by atoms with van der Waals surface area (Å²) in [5, 5.41) is 14.7. The van der Waals surface area contributed by atoms with Gasteiger partial charge in [0.25, 0.3) is 0 Å². The lowest BCUT2D eigenvalue weighted by atomic mass is 9.97. The van der Waals surface area contributed by atoms with Gasteiger partial charge < -0.3 is 30.4 Å². The van der Waals surface area contributed by atoms with Crippen molar-refractivity contribution in [3.63, 3.8) is 0 Å². The fourth-order valence-corrected chi connectivity index (χ4v) is 4.53. The molecule has 0 aromatic heterocycles. The lowest BCUT2D eigenvalue weighted by molar-refractivity contribution is -0.196. The van der Waals surface area contributed by atoms with E-state index in [9.17, 15) is 9.90 Å². The van der Waals surface area contributed by atoms with Crippen LogP contribution < -0.4 is 11.1 Å². The number of amides is 1. The van der Waals surface area contributed by atoms with E-state index in [1.54, 1.807) is 12.1 Å². The van der Waals surface area contributed by atoms with Gasteiger partial charge in [0.15, 0.2) is 0 Å². The highest BCUT2D eigenvalue weighted by atomic mass is 35.5. The van der Waals surface area contributed by atoms with Gasteiger partial charge in [-0.05, 0) is 29.5 Å². The number of ether oxygens (including phenoxy) is 3. The van der Waals surface area contributed by atoms with Crippen molar-refractivity contribution in [3.05, 3.63) is 70.7 Å². The minimum atomic E-state index is -0.995. The first-order chi connectivity index (χ1) is 16.0. The van der Waals surface area contributed by atoms with Gasteiger partial charge in [-0.15, -0.1) is 11.8 Å². The van der Waals surface area contributed by atoms with E-state index in [1.165, 1.54) is 11.8 Å². The lowest BCUT2D eigenvalue weighted by Crippen LogP contribution is -2.64. The highest BCUT2D eigenvalue weighted by Gasteiger charge is 2.46. The number of halogens is 1. The average Bonchev–Trinajstić information content (AvgIpc) is 2.82. The Morgan fingerprint density at radius 1 is 1.15 bits per heavy atom. The molecule has 1 unspecified atom stereocenters. The molecular formula is C24H31ClN2O5S. The second-order valence-electron chi connectivity index (χ2n) is 7.80. The highest BCUT2D eigenvalue weighted by Crippen LogP contribution is 2.30. The van der Waals surface area contributed by atoms with Crippen molar-refractivity contribution in [1.29, 1.82) is 0 Å². The number of nitrogens with one attached hydrogen (secondary N) is 1. The summed E-state index contributed by atoms with van der Waals surface area (Å²) in [6, 6.07) is 16.5. The summed E-state index contributed by atoms with van der Waals surface area (Å²) < 4.78 is 18.1. The molecule has 3 rings (SSSR count). The molecule has 0 bridgehead atoms. The monoisotopic (exact) mass is 494 g/mol. The third-order valence-electron chi connectivity index (χ3n) is 5.35. The molecule has 33 heavy (non-hydrogen) atoms. The standard InChI is InChI=1S/C24H31ClN2O5S/c1-33-24-21(27-20(28)11-12-26)23(31-14-16-5-3-2-4-6-16)22(29)19(32-24)15-30-13-17-7-9-18(25)10-8-17/h2-10,19,21-24,29H,11-15,26H2,1H3,(H,27,28)/t19-,21-,22-,23-,24?/m1/s1. The zero-order valence-electron chi connectivity index (χ0n) is 18.6. The molecule has 4 N–H and O–H groups in total. The Kier molecular flexibility index (Phi) is 10.5. The molecule has 9 heteroatoms. The lowest BCUT2D eigenvalue weighted by Gasteiger charge is -2.44. The molecule has 2 aromatic rings. The van der Waals surface area contributed by atoms with Gasteiger partial charge in [0.05, 0.1) is 25.9 Å². The van der Waals surface area contributed by atoms with Crippen LogP contribution in [0.3, 0.4) is 0 Å². The Hall–Kier alpha value is -1.65. The molecule has 0 radical (unpaired) electrons. The number of hydrogen-bond acceptors (Lipinski definition) is 7. The quantitative estimate of drug-likeness (QED) is 0.441. The second-order valence-corrected chi connectivity index (χ2v) is 9.18. The van der Waals surface area contributed by atoms with Gasteiger partial charge in [-0.1, -0.05) is 54.1 Å². The molecule has 1 heterocycles. The Morgan fingerprint density at radius 2 is 1.85 bits per heavy atom. The molecule has 5 atom stereocenters. The van der Waals surface area contributed by atoms with E-state index in [4.69, 9.17) is 31.5 Å². The van der Waals surface area contributed by atoms with E-state index < -0.39 is 29.8 Å². The maximum Gasteiger partial charge on any atom is 0.221 e. The molecule has 7 nitrogen and oxygen atoms in total. The van der Waals surface area contributed by atoms with Crippen LogP contribution in [0.2, 0.25) is 5.02 Å². The molecule has 180 valence electrons. The SMILES string of the molecule is CSC1O[C@H](COCc2ccc(Cl)cc2)[C@@H](O)[C@H](OCc2ccccc2)[C@H]1NC(=O)CCN. The fraction of sp³-hybridized carbons (Fsp3) is 0.458. The van der Waals surface area contributed by atoms with Crippen LogP contribution in [0, 0.1) is 0 Å². The van der Waals surface area contributed by atoms with E-state index in [0.717, 1.165) is 11.1 Å². The van der Waals surface area contributed by atoms with Crippen LogP contribution in [-0.2, 0) is 32.2 Å². The number of aliphatic hydroxyl groups is 1. The van der Waals surface area contributed by atoms with E-state index in [1.807, 2.05) is 48.7 Å². The number of hydrogen-bond donors (Lipinski definition) is 3. The smallest absolute Gasteiger partial charge is 0.221 e. The first kappa shape index (κ1) is 26.0. The van der Waals surface area contributed by atoms with Crippen molar-refractivity contribution in [3.8, 4) is 0 Å². The predicted octanol–water partition coefficient (Wildman–Crippen LogP) is 2.72. The van der Waals surface area contributed by atoms with Crippen LogP contribution in [-0.4, -0.2) is 60.2 Å². The average molecular weight is 495 g/mol. The number of thioether (sulfide) groups is 1. The van der Waals surface area contributed by atoms with Gasteiger partial charge in [-0.25, -0.2) is 0 Å². The van der Waals surface area contributed by atoms with Gasteiger partial charge in [0.1, 0.15) is 23.7 Å². The van der Waals surface area contributed by atoms with E-state index >= 15 is 0 Å². The summed E-state index contributed by atoms with van der Waals surface area (Å²) in [6.07, 6.45) is -0.206. The van der Waals surface area contributed by atoms with Crippen molar-refractivity contribution in [2.75, 3.05) is 19.4 Å². The fourth-order valence-electron chi connectivity index (χ4n) is 3.64. The third-order valence-corrected chi connectivity index (χ3v) is 6.48. The minimum absolute atomic E-state index is 0.176. The number of benzene rings is 2. The van der Waals surface area contributed by atoms with Crippen LogP contribution in [0.1, 0.15) is 17.5 Å². The first-order valence-corrected chi connectivity index (χ1v) is 12.5. The number of nitrogens with two attached hydrogens (primary N) is 1. The maximum absolute atomic E-state index is 12.3. The van der Waals surface area contributed by atoms with Crippen molar-refractivity contribution >= 4 is 29.3 Å². The highest BCUT2D eigenvalue weighted by molar-refractivity contribution is 7.99. The van der Waals surface area contributed by atoms with Crippen molar-refractivity contribution in [1.82, 2.24) is 5.32 Å². The van der Waals surface area contributed by atoms with Gasteiger partial charge in [-0.3, -0.25) is 4.79 Å². The second kappa shape index (κ2) is 13.3. The minimum Gasteiger partial charge on any atom is -0.388 e. The van der Waals surface area contributed by atoms with Gasteiger partial charge in [0, 0.05) is 18.0 Å². The van der Waals surface area contributed by atoms with E-state index in [-0.39, 0.29) is 25.5 Å². The summed E-state index contributed by atoms with van der Waals surface area (Å²) in [5.74, 6) is -0.205. The van der Waals surface area contributed by atoms with Crippen LogP contribution in [0.4, 0.5) is 0 Å². The molecule has 0 saturated carbocycles. The summed E-state index contributed by atoms with van der Waals surface area (Å²) in [4.78, 5) is 12.3. The molecule has 0 spiro atoms. The Bertz CT molecular complexity index is 858. The third kappa shape index (κ3) is 7.68. The summed E-state index contributed by atoms with van der Waals surface area (Å²) in [6.45, 7) is 1.07. The number of carbonyl (C=O) groups is 1. The first-order valence-electron chi connectivity index (χ1n) is 10.8. The topological polar surface area (TPSA) is 103 Å². The molecule has 0 aliphatic carbocycles. The summed E-state index contributed by atoms with van der Waals surface area (Å²) in [5.41, 5.74) is 7.05. The largest absolute Gasteiger partial charge is 0.388 e. The predicted molar refractivity (Wildman–Crippen MR) is 130 cm³/mol. The number of aliphatic hydroxyl groups excluding tert-OH is 1. The molecule has 1 saturated heterocycles. The molecule has 1 fully saturated rings. The Labute approximate surface area is 203 Å². The molecule has 2 aromatic carbocycles. The van der Waals surface area contributed by atoms with Gasteiger partial charge >= 0.3 is 0 Å². The van der Waals surface area contributed by atoms with Crippen LogP contribution >= 0.6 is 23.4 Å². The molecule has 1 amide bonds. The van der Waals surface area contributed by atoms with Crippen molar-refractivity contribution in [2.45, 2.75) is 49.4 Å². The summed E-state index contributed by atoms with van der Waals surface area (Å²) >= 11 is 7.38. The Balaban J connectivity index is 1.69. The van der Waals surface area contributed by atoms with E-state index in [0.29, 0.717) is 18.2 Å². The van der Waals surface area contributed by atoms with Crippen molar-refractivity contribution in [2.24, 2.45) is 5.73 Å².